The molecule has 0 saturated carbocycles. The number of hydrogen-bond donors (Lipinski definition) is 2. The molecule has 148 valence electrons. The second-order valence-corrected chi connectivity index (χ2v) is 6.50. The first-order chi connectivity index (χ1) is 13.1. The number of likely N-dealkylation sites (tertiary alicyclic amines) is 1. The van der Waals surface area contributed by atoms with Gasteiger partial charge in [-0.3, -0.25) is 10.5 Å². The predicted octanol–water partition coefficient (Wildman–Crippen LogP) is 2.55. The van der Waals surface area contributed by atoms with Crippen molar-refractivity contribution in [2.24, 2.45) is 5.73 Å². The van der Waals surface area contributed by atoms with Crippen molar-refractivity contribution < 1.29 is 32.6 Å². The van der Waals surface area contributed by atoms with Gasteiger partial charge in [0.2, 0.25) is 5.72 Å². The molecule has 0 aliphatic carbocycles. The minimum absolute atomic E-state index is 0.0643. The molecule has 3 N–H and O–H groups in total. The van der Waals surface area contributed by atoms with Gasteiger partial charge < -0.3 is 14.7 Å². The van der Waals surface area contributed by atoms with E-state index in [9.17, 15) is 27.9 Å². The molecule has 1 fully saturated rings. The van der Waals surface area contributed by atoms with Crippen LogP contribution in [0.2, 0.25) is 0 Å². The van der Waals surface area contributed by atoms with Crippen LogP contribution in [-0.2, 0) is 20.9 Å². The van der Waals surface area contributed by atoms with E-state index in [0.29, 0.717) is 0 Å². The van der Waals surface area contributed by atoms with E-state index in [2.05, 4.69) is 4.74 Å². The monoisotopic (exact) mass is 394 g/mol. The van der Waals surface area contributed by atoms with Crippen LogP contribution in [0, 0.1) is 0 Å². The lowest BCUT2D eigenvalue weighted by Crippen LogP contribution is -2.53. The highest BCUT2D eigenvalue weighted by Gasteiger charge is 2.52. The van der Waals surface area contributed by atoms with Gasteiger partial charge in [0.15, 0.2) is 0 Å². The number of phenols is 1. The van der Waals surface area contributed by atoms with Crippen LogP contribution >= 0.6 is 0 Å². The Bertz CT molecular complexity index is 899. The summed E-state index contributed by atoms with van der Waals surface area (Å²) in [6, 6.07) is 13.8. The minimum Gasteiger partial charge on any atom is -0.508 e. The number of carbonyl (C=O) groups is 2. The minimum atomic E-state index is -5.22. The lowest BCUT2D eigenvalue weighted by molar-refractivity contribution is -0.213. The molecule has 1 aliphatic heterocycles. The van der Waals surface area contributed by atoms with Crippen molar-refractivity contribution in [1.82, 2.24) is 4.90 Å². The van der Waals surface area contributed by atoms with Crippen molar-refractivity contribution >= 4 is 11.9 Å². The molecule has 2 aromatic rings. The van der Waals surface area contributed by atoms with Gasteiger partial charge in [-0.05, 0) is 28.8 Å². The number of carbonyl (C=O) groups excluding carboxylic acids is 2. The summed E-state index contributed by atoms with van der Waals surface area (Å²) in [6.07, 6.45) is -5.45. The maximum atomic E-state index is 12.4. The predicted molar refractivity (Wildman–Crippen MR) is 92.6 cm³/mol. The fourth-order valence-corrected chi connectivity index (χ4v) is 2.95. The van der Waals surface area contributed by atoms with Gasteiger partial charge >= 0.3 is 12.1 Å². The summed E-state index contributed by atoms with van der Waals surface area (Å²) >= 11 is 0. The van der Waals surface area contributed by atoms with E-state index < -0.39 is 23.8 Å². The molecule has 1 heterocycles. The van der Waals surface area contributed by atoms with Crippen LogP contribution in [0.5, 0.6) is 5.75 Å². The molecular weight excluding hydrogens is 377 g/mol. The Balaban J connectivity index is 1.68. The van der Waals surface area contributed by atoms with Gasteiger partial charge in [0, 0.05) is 19.5 Å². The van der Waals surface area contributed by atoms with E-state index in [-0.39, 0.29) is 25.3 Å². The van der Waals surface area contributed by atoms with Crippen LogP contribution in [0.3, 0.4) is 0 Å². The maximum Gasteiger partial charge on any atom is 0.491 e. The molecular formula is C19H17F3N2O4. The van der Waals surface area contributed by atoms with E-state index >= 15 is 0 Å². The average molecular weight is 394 g/mol. The number of esters is 1. The van der Waals surface area contributed by atoms with Crippen LogP contribution < -0.4 is 5.73 Å². The summed E-state index contributed by atoms with van der Waals surface area (Å²) in [4.78, 5) is 24.6. The summed E-state index contributed by atoms with van der Waals surface area (Å²) in [7, 11) is 0. The third-order valence-electron chi connectivity index (χ3n) is 4.42. The van der Waals surface area contributed by atoms with E-state index in [4.69, 9.17) is 5.73 Å². The number of nitrogens with two attached hydrogens (primary N) is 1. The standard InChI is InChI=1S/C19H17F3N2O4/c20-19(21,22)17(27)28-18(23)8-9-24(16(18)26)11-12-4-6-13(7-5-12)14-2-1-3-15(25)10-14/h1-7,10,25H,8-9,11,23H2/t18-/m0/s1. The Labute approximate surface area is 158 Å². The highest BCUT2D eigenvalue weighted by Crippen LogP contribution is 2.28. The number of benzene rings is 2. The molecule has 1 amide bonds. The molecule has 0 aromatic heterocycles. The van der Waals surface area contributed by atoms with Crippen molar-refractivity contribution in [3.63, 3.8) is 0 Å². The summed E-state index contributed by atoms with van der Waals surface area (Å²) < 4.78 is 41.4. The number of phenolic OH excluding ortho intramolecular Hbond substituents is 1. The van der Waals surface area contributed by atoms with Gasteiger partial charge in [-0.2, -0.15) is 13.2 Å². The topological polar surface area (TPSA) is 92.9 Å². The number of rotatable bonds is 4. The van der Waals surface area contributed by atoms with Crippen molar-refractivity contribution in [2.45, 2.75) is 24.9 Å². The van der Waals surface area contributed by atoms with Gasteiger partial charge in [0.1, 0.15) is 5.75 Å². The molecule has 0 bridgehead atoms. The molecule has 3 rings (SSSR count). The van der Waals surface area contributed by atoms with Crippen LogP contribution in [0.1, 0.15) is 12.0 Å². The number of aromatic hydroxyl groups is 1. The van der Waals surface area contributed by atoms with Crippen molar-refractivity contribution in [1.29, 1.82) is 0 Å². The highest BCUT2D eigenvalue weighted by molar-refractivity contribution is 5.90. The molecule has 1 aliphatic rings. The molecule has 0 radical (unpaired) electrons. The Morgan fingerprint density at radius 1 is 1.18 bits per heavy atom. The lowest BCUT2D eigenvalue weighted by Gasteiger charge is -2.24. The van der Waals surface area contributed by atoms with E-state index in [1.54, 1.807) is 42.5 Å². The van der Waals surface area contributed by atoms with Crippen LogP contribution in [0.15, 0.2) is 48.5 Å². The second kappa shape index (κ2) is 7.16. The average Bonchev–Trinajstić information content (AvgIpc) is 2.90. The Kier molecular flexibility index (Phi) is 5.03. The summed E-state index contributed by atoms with van der Waals surface area (Å²) in [5.41, 5.74) is 5.67. The molecule has 0 unspecified atom stereocenters. The van der Waals surface area contributed by atoms with Crippen molar-refractivity contribution in [3.05, 3.63) is 54.1 Å². The molecule has 1 saturated heterocycles. The summed E-state index contributed by atoms with van der Waals surface area (Å²) in [5.74, 6) is -3.22. The smallest absolute Gasteiger partial charge is 0.491 e. The Morgan fingerprint density at radius 2 is 1.86 bits per heavy atom. The van der Waals surface area contributed by atoms with Gasteiger partial charge in [-0.25, -0.2) is 4.79 Å². The maximum absolute atomic E-state index is 12.4. The molecule has 28 heavy (non-hydrogen) atoms. The molecule has 1 atom stereocenters. The third kappa shape index (κ3) is 4.09. The number of ether oxygens (including phenoxy) is 1. The van der Waals surface area contributed by atoms with Gasteiger partial charge in [-0.15, -0.1) is 0 Å². The fourth-order valence-electron chi connectivity index (χ4n) is 2.95. The first-order valence-electron chi connectivity index (χ1n) is 8.35. The third-order valence-corrected chi connectivity index (χ3v) is 4.42. The van der Waals surface area contributed by atoms with Gasteiger partial charge in [0.25, 0.3) is 5.91 Å². The zero-order chi connectivity index (χ0) is 20.5. The Hall–Kier alpha value is -3.07. The quantitative estimate of drug-likeness (QED) is 0.614. The summed E-state index contributed by atoms with van der Waals surface area (Å²) in [5, 5.41) is 9.55. The Morgan fingerprint density at radius 3 is 2.46 bits per heavy atom. The van der Waals surface area contributed by atoms with Gasteiger partial charge in [-0.1, -0.05) is 36.4 Å². The lowest BCUT2D eigenvalue weighted by atomic mass is 10.0. The number of amides is 1. The fraction of sp³-hybridized carbons (Fsp3) is 0.263. The van der Waals surface area contributed by atoms with Crippen molar-refractivity contribution in [2.75, 3.05) is 6.54 Å². The van der Waals surface area contributed by atoms with Crippen LogP contribution in [-0.4, -0.2) is 40.3 Å². The molecule has 0 spiro atoms. The van der Waals surface area contributed by atoms with Crippen LogP contribution in [0.4, 0.5) is 13.2 Å². The van der Waals surface area contributed by atoms with E-state index in [0.717, 1.165) is 16.7 Å². The van der Waals surface area contributed by atoms with Gasteiger partial charge in [0.05, 0.1) is 0 Å². The largest absolute Gasteiger partial charge is 0.508 e. The van der Waals surface area contributed by atoms with Crippen LogP contribution in [0.25, 0.3) is 11.1 Å². The zero-order valence-corrected chi connectivity index (χ0v) is 14.6. The highest BCUT2D eigenvalue weighted by atomic mass is 19.4. The molecule has 9 heteroatoms. The van der Waals surface area contributed by atoms with E-state index in [1.165, 1.54) is 4.90 Å². The first kappa shape index (κ1) is 19.7. The first-order valence-corrected chi connectivity index (χ1v) is 8.35. The number of alkyl halides is 3. The normalized spacial score (nSPS) is 19.7. The second-order valence-electron chi connectivity index (χ2n) is 6.50. The molecule has 6 nitrogen and oxygen atoms in total. The number of nitrogens with zero attached hydrogens (tertiary/aromatic N) is 1. The SMILES string of the molecule is N[C@]1(OC(=O)C(F)(F)F)CCN(Cc2ccc(-c3cccc(O)c3)cc2)C1=O. The zero-order valence-electron chi connectivity index (χ0n) is 14.6. The van der Waals surface area contributed by atoms with E-state index in [1.807, 2.05) is 6.07 Å². The number of halogens is 3. The number of hydrogen-bond acceptors (Lipinski definition) is 5. The molecule has 2 aromatic carbocycles. The summed E-state index contributed by atoms with van der Waals surface area (Å²) in [6.45, 7) is 0.177. The van der Waals surface area contributed by atoms with Crippen molar-refractivity contribution in [3.8, 4) is 16.9 Å².